The number of hydrogen-bond acceptors (Lipinski definition) is 3. The van der Waals surface area contributed by atoms with Gasteiger partial charge in [-0.3, -0.25) is 9.59 Å². The van der Waals surface area contributed by atoms with Crippen molar-refractivity contribution in [2.24, 2.45) is 0 Å². The first-order chi connectivity index (χ1) is 14.5. The van der Waals surface area contributed by atoms with Gasteiger partial charge >= 0.3 is 0 Å². The standard InChI is InChI=1S/C24H18F2N2O2/c1-2-15-8-11-18(12-9-15)27-22-21(16-6-4-3-5-7-16)23(29)28(24(22)30)20-13-10-17(25)14-19(20)26/h3-14,27H,2H2,1H3. The lowest BCUT2D eigenvalue weighted by molar-refractivity contribution is -0.120. The van der Waals surface area contributed by atoms with Gasteiger partial charge in [-0.1, -0.05) is 49.4 Å². The Morgan fingerprint density at radius 3 is 2.20 bits per heavy atom. The zero-order chi connectivity index (χ0) is 21.3. The first-order valence-electron chi connectivity index (χ1n) is 9.49. The van der Waals surface area contributed by atoms with Crippen LogP contribution in [0.4, 0.5) is 20.2 Å². The maximum Gasteiger partial charge on any atom is 0.282 e. The lowest BCUT2D eigenvalue weighted by Gasteiger charge is -2.16. The predicted molar refractivity (Wildman–Crippen MR) is 112 cm³/mol. The van der Waals surface area contributed by atoms with Crippen LogP contribution in [-0.2, 0) is 16.0 Å². The molecular formula is C24H18F2N2O2. The summed E-state index contributed by atoms with van der Waals surface area (Å²) in [5, 5.41) is 3.02. The molecule has 6 heteroatoms. The van der Waals surface area contributed by atoms with E-state index in [-0.39, 0.29) is 17.0 Å². The molecule has 0 radical (unpaired) electrons. The molecule has 0 spiro atoms. The molecule has 0 bridgehead atoms. The summed E-state index contributed by atoms with van der Waals surface area (Å²) in [6.45, 7) is 2.03. The Bertz CT molecular complexity index is 1160. The highest BCUT2D eigenvalue weighted by atomic mass is 19.1. The van der Waals surface area contributed by atoms with Crippen molar-refractivity contribution >= 4 is 28.8 Å². The molecule has 1 N–H and O–H groups in total. The molecule has 2 amide bonds. The van der Waals surface area contributed by atoms with Gasteiger partial charge in [-0.25, -0.2) is 13.7 Å². The lowest BCUT2D eigenvalue weighted by Crippen LogP contribution is -2.33. The van der Waals surface area contributed by atoms with Gasteiger partial charge in [-0.15, -0.1) is 0 Å². The van der Waals surface area contributed by atoms with E-state index in [2.05, 4.69) is 5.32 Å². The monoisotopic (exact) mass is 404 g/mol. The number of carbonyl (C=O) groups excluding carboxylic acids is 2. The number of aryl methyl sites for hydroxylation is 1. The number of halogens is 2. The predicted octanol–water partition coefficient (Wildman–Crippen LogP) is 4.92. The van der Waals surface area contributed by atoms with E-state index in [0.717, 1.165) is 29.0 Å². The number of benzene rings is 3. The Morgan fingerprint density at radius 1 is 0.867 bits per heavy atom. The maximum atomic E-state index is 14.4. The number of nitrogens with zero attached hydrogens (tertiary/aromatic N) is 1. The van der Waals surface area contributed by atoms with Gasteiger partial charge in [0.15, 0.2) is 0 Å². The topological polar surface area (TPSA) is 49.4 Å². The average molecular weight is 404 g/mol. The summed E-state index contributed by atoms with van der Waals surface area (Å²) in [6, 6.07) is 18.9. The molecule has 0 saturated carbocycles. The van der Waals surface area contributed by atoms with Gasteiger partial charge < -0.3 is 5.32 Å². The molecule has 150 valence electrons. The summed E-state index contributed by atoms with van der Waals surface area (Å²) in [4.78, 5) is 27.1. The largest absolute Gasteiger partial charge is 0.350 e. The molecule has 30 heavy (non-hydrogen) atoms. The van der Waals surface area contributed by atoms with Crippen LogP contribution < -0.4 is 10.2 Å². The number of nitrogens with one attached hydrogen (secondary N) is 1. The fraction of sp³-hybridized carbons (Fsp3) is 0.0833. The number of hydrogen-bond donors (Lipinski definition) is 1. The van der Waals surface area contributed by atoms with Gasteiger partial charge in [-0.05, 0) is 41.8 Å². The Hall–Kier alpha value is -3.80. The molecule has 0 fully saturated rings. The second-order valence-corrected chi connectivity index (χ2v) is 6.83. The normalized spacial score (nSPS) is 13.9. The number of imide groups is 1. The van der Waals surface area contributed by atoms with Crippen LogP contribution in [-0.4, -0.2) is 11.8 Å². The van der Waals surface area contributed by atoms with Crippen LogP contribution in [0.3, 0.4) is 0 Å². The van der Waals surface area contributed by atoms with Gasteiger partial charge in [-0.2, -0.15) is 0 Å². The molecule has 4 nitrogen and oxygen atoms in total. The molecule has 0 atom stereocenters. The Labute approximate surface area is 172 Å². The van der Waals surface area contributed by atoms with Crippen LogP contribution in [0.2, 0.25) is 0 Å². The second kappa shape index (κ2) is 7.91. The van der Waals surface area contributed by atoms with Crippen molar-refractivity contribution in [3.8, 4) is 0 Å². The van der Waals surface area contributed by atoms with E-state index >= 15 is 0 Å². The summed E-state index contributed by atoms with van der Waals surface area (Å²) in [7, 11) is 0. The Kier molecular flexibility index (Phi) is 5.14. The van der Waals surface area contributed by atoms with E-state index in [1.807, 2.05) is 31.2 Å². The van der Waals surface area contributed by atoms with E-state index < -0.39 is 23.4 Å². The molecule has 1 heterocycles. The summed E-state index contributed by atoms with van der Waals surface area (Å²) >= 11 is 0. The highest BCUT2D eigenvalue weighted by Crippen LogP contribution is 2.35. The molecule has 1 aliphatic heterocycles. The summed E-state index contributed by atoms with van der Waals surface area (Å²) in [5.74, 6) is -3.16. The molecule has 4 rings (SSSR count). The molecule has 3 aromatic rings. The van der Waals surface area contributed by atoms with Crippen LogP contribution in [0, 0.1) is 11.6 Å². The minimum absolute atomic E-state index is 0.0409. The van der Waals surface area contributed by atoms with Crippen molar-refractivity contribution in [3.05, 3.63) is 101 Å². The first kappa shape index (κ1) is 19.5. The van der Waals surface area contributed by atoms with Crippen molar-refractivity contribution in [1.82, 2.24) is 0 Å². The molecule has 0 saturated heterocycles. The van der Waals surface area contributed by atoms with Gasteiger partial charge in [0.1, 0.15) is 17.3 Å². The van der Waals surface area contributed by atoms with Crippen molar-refractivity contribution in [2.45, 2.75) is 13.3 Å². The van der Waals surface area contributed by atoms with Crippen LogP contribution in [0.5, 0.6) is 0 Å². The minimum atomic E-state index is -0.988. The number of rotatable bonds is 5. The summed E-state index contributed by atoms with van der Waals surface area (Å²) < 4.78 is 27.7. The van der Waals surface area contributed by atoms with E-state index in [4.69, 9.17) is 0 Å². The van der Waals surface area contributed by atoms with E-state index in [0.29, 0.717) is 17.3 Å². The molecule has 0 unspecified atom stereocenters. The number of carbonyl (C=O) groups is 2. The average Bonchev–Trinajstić information content (AvgIpc) is 2.99. The van der Waals surface area contributed by atoms with Crippen LogP contribution in [0.25, 0.3) is 5.57 Å². The van der Waals surface area contributed by atoms with Gasteiger partial charge in [0.25, 0.3) is 11.8 Å². The van der Waals surface area contributed by atoms with Crippen molar-refractivity contribution in [3.63, 3.8) is 0 Å². The fourth-order valence-corrected chi connectivity index (χ4v) is 3.37. The quantitative estimate of drug-likeness (QED) is 0.614. The highest BCUT2D eigenvalue weighted by Gasteiger charge is 2.41. The molecular weight excluding hydrogens is 386 g/mol. The molecule has 3 aromatic carbocycles. The van der Waals surface area contributed by atoms with Crippen LogP contribution >= 0.6 is 0 Å². The third-order valence-corrected chi connectivity index (χ3v) is 4.93. The lowest BCUT2D eigenvalue weighted by atomic mass is 10.0. The number of amides is 2. The van der Waals surface area contributed by atoms with Crippen LogP contribution in [0.1, 0.15) is 18.1 Å². The maximum absolute atomic E-state index is 14.4. The third-order valence-electron chi connectivity index (χ3n) is 4.93. The molecule has 0 aliphatic carbocycles. The molecule has 0 aromatic heterocycles. The van der Waals surface area contributed by atoms with Crippen LogP contribution in [0.15, 0.2) is 78.5 Å². The third kappa shape index (κ3) is 3.48. The minimum Gasteiger partial charge on any atom is -0.350 e. The zero-order valence-corrected chi connectivity index (χ0v) is 16.2. The smallest absolute Gasteiger partial charge is 0.282 e. The Morgan fingerprint density at radius 2 is 1.57 bits per heavy atom. The van der Waals surface area contributed by atoms with E-state index in [1.165, 1.54) is 0 Å². The van der Waals surface area contributed by atoms with Gasteiger partial charge in [0.05, 0.1) is 11.3 Å². The fourth-order valence-electron chi connectivity index (χ4n) is 3.37. The van der Waals surface area contributed by atoms with E-state index in [1.54, 1.807) is 30.3 Å². The summed E-state index contributed by atoms with van der Waals surface area (Å²) in [5.41, 5.74) is 2.15. The van der Waals surface area contributed by atoms with Gasteiger partial charge in [0, 0.05) is 11.8 Å². The van der Waals surface area contributed by atoms with Crippen molar-refractivity contribution < 1.29 is 18.4 Å². The van der Waals surface area contributed by atoms with E-state index in [9.17, 15) is 18.4 Å². The number of anilines is 2. The second-order valence-electron chi connectivity index (χ2n) is 6.83. The van der Waals surface area contributed by atoms with Crippen molar-refractivity contribution in [2.75, 3.05) is 10.2 Å². The highest BCUT2D eigenvalue weighted by molar-refractivity contribution is 6.46. The Balaban J connectivity index is 1.80. The zero-order valence-electron chi connectivity index (χ0n) is 16.2. The summed E-state index contributed by atoms with van der Waals surface area (Å²) in [6.07, 6.45) is 0.868. The molecule has 1 aliphatic rings. The first-order valence-corrected chi connectivity index (χ1v) is 9.49. The van der Waals surface area contributed by atoms with Crippen molar-refractivity contribution in [1.29, 1.82) is 0 Å². The van der Waals surface area contributed by atoms with Gasteiger partial charge in [0.2, 0.25) is 0 Å². The SMILES string of the molecule is CCc1ccc(NC2=C(c3ccccc3)C(=O)N(c3ccc(F)cc3F)C2=O)cc1.